The van der Waals surface area contributed by atoms with Crippen molar-refractivity contribution in [1.29, 1.82) is 0 Å². The van der Waals surface area contributed by atoms with Crippen molar-refractivity contribution in [2.24, 2.45) is 0 Å². The highest BCUT2D eigenvalue weighted by molar-refractivity contribution is 6.31. The summed E-state index contributed by atoms with van der Waals surface area (Å²) in [6.07, 6.45) is 11.0. The van der Waals surface area contributed by atoms with Crippen molar-refractivity contribution in [1.82, 2.24) is 19.9 Å². The van der Waals surface area contributed by atoms with E-state index >= 15 is 0 Å². The third-order valence-corrected chi connectivity index (χ3v) is 6.36. The molecule has 2 fully saturated rings. The molecule has 0 aromatic carbocycles. The molecule has 2 aromatic rings. The van der Waals surface area contributed by atoms with E-state index in [9.17, 15) is 8.78 Å². The van der Waals surface area contributed by atoms with E-state index in [1.54, 1.807) is 24.5 Å². The maximum absolute atomic E-state index is 14.2. The summed E-state index contributed by atoms with van der Waals surface area (Å²) in [4.78, 5) is 24.7. The smallest absolute Gasteiger partial charge is 0.227 e. The van der Waals surface area contributed by atoms with Gasteiger partial charge in [0.1, 0.15) is 11.6 Å². The second kappa shape index (κ2) is 14.0. The fourth-order valence-corrected chi connectivity index (χ4v) is 4.52. The average Bonchev–Trinajstić information content (AvgIpc) is 3.35. The molecule has 0 N–H and O–H groups in total. The molecule has 200 valence electrons. The van der Waals surface area contributed by atoms with Gasteiger partial charge in [0.05, 0.1) is 5.69 Å². The van der Waals surface area contributed by atoms with Gasteiger partial charge < -0.3 is 14.7 Å². The standard InChI is InChI=1S/C25H30ClF2N7.C2H6/c1-3-7-19(16-20(28)18(2)27)21-17-22(32-25(31-21)35-10-4-5-11-35)33-12-6-13-34(15-14-33)24-23(26)29-8-9-30-24;1-2/h3,7-9,16-17H,4-6,10-15H2,1-2H3;1-2H3/b7-3-,19-16+,20-18-;. The van der Waals surface area contributed by atoms with E-state index in [-0.39, 0.29) is 0 Å². The molecule has 0 amide bonds. The molecule has 0 bridgehead atoms. The lowest BCUT2D eigenvalue weighted by molar-refractivity contribution is 0.556. The molecule has 4 heterocycles. The largest absolute Gasteiger partial charge is 0.355 e. The number of hydrogen-bond acceptors (Lipinski definition) is 7. The lowest BCUT2D eigenvalue weighted by Crippen LogP contribution is -2.32. The summed E-state index contributed by atoms with van der Waals surface area (Å²) in [5.41, 5.74) is 1.05. The summed E-state index contributed by atoms with van der Waals surface area (Å²) in [6.45, 7) is 11.7. The maximum atomic E-state index is 14.2. The van der Waals surface area contributed by atoms with Gasteiger partial charge in [-0.25, -0.2) is 23.7 Å². The normalized spacial score (nSPS) is 17.5. The number of allylic oxidation sites excluding steroid dienone is 6. The molecule has 2 saturated heterocycles. The number of rotatable bonds is 6. The van der Waals surface area contributed by atoms with Crippen LogP contribution in [0.25, 0.3) is 5.57 Å². The predicted octanol–water partition coefficient (Wildman–Crippen LogP) is 6.39. The number of nitrogens with zero attached hydrogens (tertiary/aromatic N) is 7. The second-order valence-electron chi connectivity index (χ2n) is 8.59. The molecule has 0 spiro atoms. The fourth-order valence-electron chi connectivity index (χ4n) is 4.30. The Morgan fingerprint density at radius 3 is 2.22 bits per heavy atom. The summed E-state index contributed by atoms with van der Waals surface area (Å²) in [5, 5.41) is 0.390. The Kier molecular flexibility index (Phi) is 10.8. The van der Waals surface area contributed by atoms with Crippen LogP contribution in [0.4, 0.5) is 26.4 Å². The molecule has 0 aliphatic carbocycles. The molecule has 2 aliphatic rings. The summed E-state index contributed by atoms with van der Waals surface area (Å²) in [5.74, 6) is 0.286. The molecule has 0 unspecified atom stereocenters. The Hall–Kier alpha value is -3.07. The Balaban J connectivity index is 0.00000186. The van der Waals surface area contributed by atoms with Crippen LogP contribution in [0.3, 0.4) is 0 Å². The first-order valence-electron chi connectivity index (χ1n) is 12.9. The van der Waals surface area contributed by atoms with Gasteiger partial charge in [0.2, 0.25) is 5.95 Å². The van der Waals surface area contributed by atoms with Crippen LogP contribution in [-0.2, 0) is 0 Å². The number of halogens is 3. The molecular formula is C27H36ClF2N7. The lowest BCUT2D eigenvalue weighted by Gasteiger charge is -2.25. The van der Waals surface area contributed by atoms with Gasteiger partial charge in [0, 0.05) is 63.3 Å². The quantitative estimate of drug-likeness (QED) is 0.400. The highest BCUT2D eigenvalue weighted by Crippen LogP contribution is 2.28. The van der Waals surface area contributed by atoms with E-state index in [2.05, 4.69) is 24.7 Å². The molecule has 0 saturated carbocycles. The number of aromatic nitrogens is 4. The first-order valence-corrected chi connectivity index (χ1v) is 13.3. The van der Waals surface area contributed by atoms with E-state index in [1.165, 1.54) is 6.08 Å². The average molecular weight is 532 g/mol. The SMILES string of the molecule is CC.C\C=C/C(=C\C(F)=C(/C)F)c1cc(N2CCCN(c3nccnc3Cl)CC2)nc(N2CCCC2)n1. The van der Waals surface area contributed by atoms with Crippen molar-refractivity contribution >= 4 is 34.8 Å². The maximum Gasteiger partial charge on any atom is 0.227 e. The van der Waals surface area contributed by atoms with Crippen LogP contribution in [0.2, 0.25) is 5.15 Å². The van der Waals surface area contributed by atoms with E-state index in [1.807, 2.05) is 26.8 Å². The molecule has 7 nitrogen and oxygen atoms in total. The minimum Gasteiger partial charge on any atom is -0.355 e. The van der Waals surface area contributed by atoms with Crippen molar-refractivity contribution < 1.29 is 8.78 Å². The van der Waals surface area contributed by atoms with Crippen molar-refractivity contribution in [2.45, 2.75) is 47.0 Å². The lowest BCUT2D eigenvalue weighted by atomic mass is 10.1. The number of anilines is 3. The Bertz CT molecular complexity index is 1130. The Labute approximate surface area is 223 Å². The van der Waals surface area contributed by atoms with Crippen LogP contribution in [0.1, 0.15) is 52.7 Å². The van der Waals surface area contributed by atoms with Crippen LogP contribution < -0.4 is 14.7 Å². The Morgan fingerprint density at radius 1 is 0.892 bits per heavy atom. The highest BCUT2D eigenvalue weighted by atomic mass is 35.5. The van der Waals surface area contributed by atoms with Gasteiger partial charge in [-0.05, 0) is 39.2 Å². The van der Waals surface area contributed by atoms with Crippen molar-refractivity contribution in [3.8, 4) is 0 Å². The third kappa shape index (κ3) is 7.47. The van der Waals surface area contributed by atoms with Crippen molar-refractivity contribution in [3.63, 3.8) is 0 Å². The zero-order valence-corrected chi connectivity index (χ0v) is 22.8. The van der Waals surface area contributed by atoms with Crippen LogP contribution in [-0.4, -0.2) is 59.2 Å². The van der Waals surface area contributed by atoms with E-state index in [4.69, 9.17) is 21.6 Å². The Morgan fingerprint density at radius 2 is 1.54 bits per heavy atom. The van der Waals surface area contributed by atoms with Gasteiger partial charge in [-0.3, -0.25) is 0 Å². The van der Waals surface area contributed by atoms with Gasteiger partial charge in [0.25, 0.3) is 0 Å². The third-order valence-electron chi connectivity index (χ3n) is 6.10. The summed E-state index contributed by atoms with van der Waals surface area (Å²) < 4.78 is 27.8. The van der Waals surface area contributed by atoms with Crippen molar-refractivity contribution in [2.75, 3.05) is 54.0 Å². The minimum atomic E-state index is -0.910. The topological polar surface area (TPSA) is 61.3 Å². The second-order valence-corrected chi connectivity index (χ2v) is 8.94. The highest BCUT2D eigenvalue weighted by Gasteiger charge is 2.23. The van der Waals surface area contributed by atoms with E-state index < -0.39 is 11.7 Å². The number of hydrogen-bond donors (Lipinski definition) is 0. The molecule has 2 aliphatic heterocycles. The van der Waals surface area contributed by atoms with Gasteiger partial charge >= 0.3 is 0 Å². The molecule has 4 rings (SSSR count). The molecule has 2 aromatic heterocycles. The van der Waals surface area contributed by atoms with Gasteiger partial charge in [-0.15, -0.1) is 0 Å². The summed E-state index contributed by atoms with van der Waals surface area (Å²) >= 11 is 6.28. The molecule has 10 heteroatoms. The fraction of sp³-hybridized carbons (Fsp3) is 0.481. The molecule has 37 heavy (non-hydrogen) atoms. The van der Waals surface area contributed by atoms with E-state index in [0.717, 1.165) is 58.2 Å². The van der Waals surface area contributed by atoms with Crippen LogP contribution in [0.15, 0.2) is 48.3 Å². The zero-order valence-electron chi connectivity index (χ0n) is 22.1. The molecule has 0 radical (unpaired) electrons. The summed E-state index contributed by atoms with van der Waals surface area (Å²) in [7, 11) is 0. The van der Waals surface area contributed by atoms with Gasteiger partial charge in [-0.2, -0.15) is 4.98 Å². The van der Waals surface area contributed by atoms with Crippen LogP contribution in [0.5, 0.6) is 0 Å². The molecule has 0 atom stereocenters. The first kappa shape index (κ1) is 28.5. The first-order chi connectivity index (χ1) is 18.0. The predicted molar refractivity (Wildman–Crippen MR) is 149 cm³/mol. The van der Waals surface area contributed by atoms with Gasteiger partial charge in [-0.1, -0.05) is 37.6 Å². The van der Waals surface area contributed by atoms with Gasteiger partial charge in [0.15, 0.2) is 16.8 Å². The zero-order chi connectivity index (χ0) is 26.8. The molecular weight excluding hydrogens is 496 g/mol. The van der Waals surface area contributed by atoms with Crippen LogP contribution in [0, 0.1) is 0 Å². The van der Waals surface area contributed by atoms with Crippen molar-refractivity contribution in [3.05, 3.63) is 59.2 Å². The van der Waals surface area contributed by atoms with E-state index in [0.29, 0.717) is 41.3 Å². The monoisotopic (exact) mass is 531 g/mol. The minimum absolute atomic E-state index is 0.390. The van der Waals surface area contributed by atoms with Crippen LogP contribution >= 0.6 is 11.6 Å². The summed E-state index contributed by atoms with van der Waals surface area (Å²) in [6, 6.07) is 1.86.